The molecule has 3 heterocycles. The van der Waals surface area contributed by atoms with Gasteiger partial charge in [0.15, 0.2) is 17.5 Å². The molecule has 0 N–H and O–H groups in total. The van der Waals surface area contributed by atoms with Gasteiger partial charge in [0.25, 0.3) is 0 Å². The van der Waals surface area contributed by atoms with Gasteiger partial charge in [0.05, 0.1) is 6.54 Å². The Morgan fingerprint density at radius 1 is 1.33 bits per heavy atom. The molecule has 0 aliphatic carbocycles. The van der Waals surface area contributed by atoms with Crippen LogP contribution in [0.25, 0.3) is 0 Å². The lowest BCUT2D eigenvalue weighted by molar-refractivity contribution is 0.214. The Labute approximate surface area is 130 Å². The van der Waals surface area contributed by atoms with Crippen molar-refractivity contribution in [2.45, 2.75) is 13.5 Å². The van der Waals surface area contributed by atoms with Crippen LogP contribution in [0.3, 0.4) is 0 Å². The Hall–Kier alpha value is -1.54. The molecule has 1 fully saturated rings. The quantitative estimate of drug-likeness (QED) is 0.839. The summed E-state index contributed by atoms with van der Waals surface area (Å²) in [4.78, 5) is 12.5. The summed E-state index contributed by atoms with van der Waals surface area (Å²) in [6.07, 6.45) is 1.62. The number of aryl methyl sites for hydroxylation is 1. The second-order valence-corrected chi connectivity index (χ2v) is 5.87. The van der Waals surface area contributed by atoms with Crippen molar-refractivity contribution in [2.75, 3.05) is 31.1 Å². The van der Waals surface area contributed by atoms with Crippen LogP contribution in [-0.2, 0) is 6.54 Å². The summed E-state index contributed by atoms with van der Waals surface area (Å²) in [6.45, 7) is 5.48. The van der Waals surface area contributed by atoms with E-state index in [2.05, 4.69) is 36.0 Å². The molecule has 112 valence electrons. The second kappa shape index (κ2) is 6.07. The number of aromatic nitrogens is 3. The van der Waals surface area contributed by atoms with E-state index in [1.807, 2.05) is 4.90 Å². The second-order valence-electron chi connectivity index (χ2n) is 4.96. The number of hydrogen-bond donors (Lipinski definition) is 0. The van der Waals surface area contributed by atoms with Gasteiger partial charge in [-0.2, -0.15) is 4.98 Å². The largest absolute Gasteiger partial charge is 0.352 e. The van der Waals surface area contributed by atoms with E-state index in [1.54, 1.807) is 13.1 Å². The Kier molecular flexibility index (Phi) is 4.16. The van der Waals surface area contributed by atoms with E-state index in [-0.39, 0.29) is 5.82 Å². The topological polar surface area (TPSA) is 58.3 Å². The van der Waals surface area contributed by atoms with Gasteiger partial charge in [-0.1, -0.05) is 5.16 Å². The van der Waals surface area contributed by atoms with E-state index in [9.17, 15) is 4.39 Å². The van der Waals surface area contributed by atoms with E-state index in [0.29, 0.717) is 28.6 Å². The van der Waals surface area contributed by atoms with Crippen LogP contribution in [0.2, 0.25) is 0 Å². The fourth-order valence-electron chi connectivity index (χ4n) is 2.35. The average Bonchev–Trinajstić information content (AvgIpc) is 2.85. The van der Waals surface area contributed by atoms with Crippen LogP contribution in [-0.4, -0.2) is 46.2 Å². The molecule has 2 aromatic heterocycles. The molecule has 0 spiro atoms. The van der Waals surface area contributed by atoms with Gasteiger partial charge in [0.1, 0.15) is 0 Å². The molecule has 21 heavy (non-hydrogen) atoms. The zero-order valence-electron chi connectivity index (χ0n) is 11.6. The minimum Gasteiger partial charge on any atom is -0.352 e. The third-order valence-electron chi connectivity index (χ3n) is 3.39. The molecule has 0 amide bonds. The van der Waals surface area contributed by atoms with Crippen molar-refractivity contribution < 1.29 is 8.91 Å². The molecule has 1 aliphatic heterocycles. The molecule has 0 bridgehead atoms. The maximum Gasteiger partial charge on any atom is 0.240 e. The molecular weight excluding hydrogens is 341 g/mol. The van der Waals surface area contributed by atoms with Crippen LogP contribution in [0.15, 0.2) is 21.3 Å². The van der Waals surface area contributed by atoms with Gasteiger partial charge >= 0.3 is 0 Å². The van der Waals surface area contributed by atoms with Gasteiger partial charge in [0, 0.05) is 36.8 Å². The number of anilines is 1. The summed E-state index contributed by atoms with van der Waals surface area (Å²) in [5.74, 6) is 1.37. The third-order valence-corrected chi connectivity index (χ3v) is 3.82. The molecule has 1 aliphatic rings. The Balaban J connectivity index is 1.59. The highest BCUT2D eigenvalue weighted by Crippen LogP contribution is 2.21. The fourth-order valence-corrected chi connectivity index (χ4v) is 2.66. The highest BCUT2D eigenvalue weighted by Gasteiger charge is 2.21. The molecule has 0 unspecified atom stereocenters. The number of halogens is 2. The van der Waals surface area contributed by atoms with Crippen molar-refractivity contribution in [1.29, 1.82) is 0 Å². The molecule has 8 heteroatoms. The lowest BCUT2D eigenvalue weighted by atomic mass is 10.3. The third kappa shape index (κ3) is 3.38. The van der Waals surface area contributed by atoms with Crippen molar-refractivity contribution in [3.63, 3.8) is 0 Å². The first-order valence-corrected chi connectivity index (χ1v) is 7.48. The SMILES string of the molecule is Cc1noc(CN2CCN(c3ncc(Br)cc3F)CC2)n1. The number of hydrogen-bond acceptors (Lipinski definition) is 6. The zero-order chi connectivity index (χ0) is 14.8. The smallest absolute Gasteiger partial charge is 0.240 e. The minimum atomic E-state index is -0.301. The average molecular weight is 356 g/mol. The predicted octanol–water partition coefficient (Wildman–Crippen LogP) is 2.00. The Morgan fingerprint density at radius 2 is 2.10 bits per heavy atom. The van der Waals surface area contributed by atoms with E-state index in [0.717, 1.165) is 26.2 Å². The maximum atomic E-state index is 13.9. The van der Waals surface area contributed by atoms with E-state index >= 15 is 0 Å². The molecule has 0 atom stereocenters. The highest BCUT2D eigenvalue weighted by molar-refractivity contribution is 9.10. The molecule has 0 saturated carbocycles. The standard InChI is InChI=1S/C13H15BrFN5O/c1-9-17-12(21-18-9)8-19-2-4-20(5-3-19)13-11(15)6-10(14)7-16-13/h6-7H,2-5,8H2,1H3. The van der Waals surface area contributed by atoms with Crippen molar-refractivity contribution in [2.24, 2.45) is 0 Å². The van der Waals surface area contributed by atoms with Gasteiger partial charge in [0.2, 0.25) is 5.89 Å². The van der Waals surface area contributed by atoms with Crippen LogP contribution >= 0.6 is 15.9 Å². The summed E-state index contributed by atoms with van der Waals surface area (Å²) >= 11 is 3.22. The Bertz CT molecular complexity index is 627. The summed E-state index contributed by atoms with van der Waals surface area (Å²) < 4.78 is 19.7. The number of piperazine rings is 1. The molecule has 0 aromatic carbocycles. The molecule has 2 aromatic rings. The first-order chi connectivity index (χ1) is 10.1. The van der Waals surface area contributed by atoms with Crippen molar-refractivity contribution in [3.8, 4) is 0 Å². The monoisotopic (exact) mass is 355 g/mol. The van der Waals surface area contributed by atoms with Crippen LogP contribution in [0.4, 0.5) is 10.2 Å². The van der Waals surface area contributed by atoms with Crippen LogP contribution in [0.5, 0.6) is 0 Å². The van der Waals surface area contributed by atoms with Crippen molar-refractivity contribution in [1.82, 2.24) is 20.0 Å². The summed E-state index contributed by atoms with van der Waals surface area (Å²) in [5, 5.41) is 3.78. The van der Waals surface area contributed by atoms with E-state index in [4.69, 9.17) is 4.52 Å². The fraction of sp³-hybridized carbons (Fsp3) is 0.462. The molecule has 1 saturated heterocycles. The number of pyridine rings is 1. The van der Waals surface area contributed by atoms with E-state index in [1.165, 1.54) is 6.07 Å². The zero-order valence-corrected chi connectivity index (χ0v) is 13.2. The van der Waals surface area contributed by atoms with Crippen LogP contribution < -0.4 is 4.90 Å². The summed E-state index contributed by atoms with van der Waals surface area (Å²) in [5.41, 5.74) is 0. The molecule has 6 nitrogen and oxygen atoms in total. The van der Waals surface area contributed by atoms with Gasteiger partial charge in [-0.25, -0.2) is 9.37 Å². The number of nitrogens with zero attached hydrogens (tertiary/aromatic N) is 5. The Morgan fingerprint density at radius 3 is 2.71 bits per heavy atom. The van der Waals surface area contributed by atoms with Crippen LogP contribution in [0, 0.1) is 12.7 Å². The van der Waals surface area contributed by atoms with Crippen molar-refractivity contribution >= 4 is 21.7 Å². The van der Waals surface area contributed by atoms with Gasteiger partial charge in [-0.05, 0) is 28.9 Å². The molecule has 0 radical (unpaired) electrons. The molecule has 3 rings (SSSR count). The van der Waals surface area contributed by atoms with Crippen LogP contribution in [0.1, 0.15) is 11.7 Å². The summed E-state index contributed by atoms with van der Waals surface area (Å²) in [7, 11) is 0. The van der Waals surface area contributed by atoms with Gasteiger partial charge in [-0.3, -0.25) is 4.90 Å². The number of rotatable bonds is 3. The van der Waals surface area contributed by atoms with Gasteiger partial charge < -0.3 is 9.42 Å². The minimum absolute atomic E-state index is 0.301. The highest BCUT2D eigenvalue weighted by atomic mass is 79.9. The maximum absolute atomic E-state index is 13.9. The lowest BCUT2D eigenvalue weighted by Gasteiger charge is -2.34. The predicted molar refractivity (Wildman–Crippen MR) is 78.4 cm³/mol. The molecular formula is C13H15BrFN5O. The normalized spacial score (nSPS) is 16.4. The summed E-state index contributed by atoms with van der Waals surface area (Å²) in [6, 6.07) is 1.44. The van der Waals surface area contributed by atoms with E-state index < -0.39 is 0 Å². The lowest BCUT2D eigenvalue weighted by Crippen LogP contribution is -2.46. The first kappa shape index (κ1) is 14.4. The first-order valence-electron chi connectivity index (χ1n) is 6.69. The van der Waals surface area contributed by atoms with Gasteiger partial charge in [-0.15, -0.1) is 0 Å². The van der Waals surface area contributed by atoms with Crippen molar-refractivity contribution in [3.05, 3.63) is 34.3 Å².